The predicted molar refractivity (Wildman–Crippen MR) is 106 cm³/mol. The summed E-state index contributed by atoms with van der Waals surface area (Å²) < 4.78 is 0. The third kappa shape index (κ3) is 2.96. The van der Waals surface area contributed by atoms with Crippen LogP contribution < -0.4 is 0 Å². The average Bonchev–Trinajstić information content (AvgIpc) is 2.86. The zero-order chi connectivity index (χ0) is 20.3. The molecule has 0 aromatic rings. The topological polar surface area (TPSA) is 98.0 Å². The second-order valence-electron chi connectivity index (χ2n) is 10.6. The highest BCUT2D eigenvalue weighted by atomic mass is 16.4. The zero-order valence-corrected chi connectivity index (χ0v) is 17.2. The molecule has 0 spiro atoms. The Balaban J connectivity index is 1.57. The number of hydrogen-bond acceptors (Lipinski definition) is 4. The predicted octanol–water partition coefficient (Wildman–Crippen LogP) is 3.27. The van der Waals surface area contributed by atoms with Gasteiger partial charge in [0, 0.05) is 6.42 Å². The zero-order valence-electron chi connectivity index (χ0n) is 17.2. The Labute approximate surface area is 167 Å². The van der Waals surface area contributed by atoms with E-state index in [-0.39, 0.29) is 29.8 Å². The molecule has 2 unspecified atom stereocenters. The number of fused-ring (bicyclic) bond motifs is 5. The maximum absolute atomic E-state index is 11.5. The van der Waals surface area contributed by atoms with Gasteiger partial charge in [0.15, 0.2) is 0 Å². The fraction of sp³-hybridized carbons (Fsp3) is 0.870. The van der Waals surface area contributed by atoms with Crippen molar-refractivity contribution in [2.45, 2.75) is 95.9 Å². The molecule has 28 heavy (non-hydrogen) atoms. The Morgan fingerprint density at radius 3 is 2.61 bits per heavy atom. The molecule has 0 aromatic heterocycles. The standard InChI is InChI=1S/C23H36O5/c1-21-8-5-15(24)11-14(21)3-4-17-18(21)6-9-22(2)19(17)7-10-23(22,28)13-16(25)12-20(26)27/h3,15-19,24-25,28H,4-13H2,1-2H3,(H,26,27)/t15?,16?,17-,18+,19+,21+,22+,23+/m1/s1. The van der Waals surface area contributed by atoms with Gasteiger partial charge in [0.2, 0.25) is 0 Å². The first-order chi connectivity index (χ1) is 13.1. The van der Waals surface area contributed by atoms with Crippen LogP contribution in [0.2, 0.25) is 0 Å². The first-order valence-electron chi connectivity index (χ1n) is 11.1. The van der Waals surface area contributed by atoms with E-state index < -0.39 is 17.7 Å². The molecule has 5 heteroatoms. The van der Waals surface area contributed by atoms with E-state index in [2.05, 4.69) is 19.9 Å². The van der Waals surface area contributed by atoms with Crippen LogP contribution in [0, 0.1) is 28.6 Å². The van der Waals surface area contributed by atoms with E-state index in [1.54, 1.807) is 0 Å². The van der Waals surface area contributed by atoms with E-state index in [1.807, 2.05) is 0 Å². The highest BCUT2D eigenvalue weighted by Crippen LogP contribution is 2.67. The normalized spacial score (nSPS) is 48.8. The van der Waals surface area contributed by atoms with Crippen LogP contribution in [-0.4, -0.2) is 44.2 Å². The number of carboxylic acid groups (broad SMARTS) is 1. The molecule has 0 radical (unpaired) electrons. The molecule has 5 nitrogen and oxygen atoms in total. The molecule has 0 aliphatic heterocycles. The van der Waals surface area contributed by atoms with E-state index in [1.165, 1.54) is 5.57 Å². The van der Waals surface area contributed by atoms with E-state index in [9.17, 15) is 20.1 Å². The van der Waals surface area contributed by atoms with Crippen LogP contribution in [0.4, 0.5) is 0 Å². The van der Waals surface area contributed by atoms with Gasteiger partial charge in [-0.25, -0.2) is 0 Å². The van der Waals surface area contributed by atoms with Gasteiger partial charge in [0.1, 0.15) is 0 Å². The van der Waals surface area contributed by atoms with Gasteiger partial charge in [-0.05, 0) is 80.0 Å². The molecular formula is C23H36O5. The lowest BCUT2D eigenvalue weighted by molar-refractivity contribution is -0.148. The summed E-state index contributed by atoms with van der Waals surface area (Å²) in [6.45, 7) is 4.57. The maximum Gasteiger partial charge on any atom is 0.305 e. The van der Waals surface area contributed by atoms with Crippen LogP contribution in [0.25, 0.3) is 0 Å². The second kappa shape index (κ2) is 6.82. The van der Waals surface area contributed by atoms with Gasteiger partial charge in [-0.3, -0.25) is 4.79 Å². The van der Waals surface area contributed by atoms with Crippen LogP contribution in [0.3, 0.4) is 0 Å². The monoisotopic (exact) mass is 392 g/mol. The lowest BCUT2D eigenvalue weighted by atomic mass is 9.46. The summed E-state index contributed by atoms with van der Waals surface area (Å²) in [5, 5.41) is 40.9. The number of aliphatic hydroxyl groups is 3. The number of carboxylic acids is 1. The number of allylic oxidation sites excluding steroid dienone is 1. The van der Waals surface area contributed by atoms with Crippen molar-refractivity contribution >= 4 is 5.97 Å². The van der Waals surface area contributed by atoms with Crippen molar-refractivity contribution in [2.24, 2.45) is 28.6 Å². The van der Waals surface area contributed by atoms with E-state index in [0.29, 0.717) is 24.2 Å². The number of aliphatic carboxylic acids is 1. The minimum atomic E-state index is -1.02. The van der Waals surface area contributed by atoms with E-state index >= 15 is 0 Å². The highest BCUT2D eigenvalue weighted by molar-refractivity contribution is 5.67. The number of rotatable bonds is 4. The summed E-state index contributed by atoms with van der Waals surface area (Å²) in [6, 6.07) is 0. The molecule has 0 bridgehead atoms. The Bertz CT molecular complexity index is 674. The molecule has 4 N–H and O–H groups in total. The third-order valence-electron chi connectivity index (χ3n) is 9.38. The number of hydrogen-bond donors (Lipinski definition) is 4. The van der Waals surface area contributed by atoms with Gasteiger partial charge in [0.25, 0.3) is 0 Å². The quantitative estimate of drug-likeness (QED) is 0.551. The fourth-order valence-electron chi connectivity index (χ4n) is 7.75. The van der Waals surface area contributed by atoms with Crippen molar-refractivity contribution in [2.75, 3.05) is 0 Å². The van der Waals surface area contributed by atoms with Crippen LogP contribution in [0.15, 0.2) is 11.6 Å². The largest absolute Gasteiger partial charge is 0.481 e. The summed E-state index contributed by atoms with van der Waals surface area (Å²) in [7, 11) is 0. The average molecular weight is 393 g/mol. The molecule has 3 fully saturated rings. The molecule has 4 aliphatic carbocycles. The number of carbonyl (C=O) groups is 1. The first kappa shape index (κ1) is 20.4. The molecular weight excluding hydrogens is 356 g/mol. The lowest BCUT2D eigenvalue weighted by Gasteiger charge is -2.59. The summed E-state index contributed by atoms with van der Waals surface area (Å²) >= 11 is 0. The van der Waals surface area contributed by atoms with E-state index in [4.69, 9.17) is 5.11 Å². The summed E-state index contributed by atoms with van der Waals surface area (Å²) in [5.74, 6) is 0.532. The van der Waals surface area contributed by atoms with Crippen molar-refractivity contribution in [1.82, 2.24) is 0 Å². The van der Waals surface area contributed by atoms with Crippen molar-refractivity contribution in [3.05, 3.63) is 11.6 Å². The number of aliphatic hydroxyl groups excluding tert-OH is 2. The molecule has 158 valence electrons. The molecule has 8 atom stereocenters. The molecule has 4 rings (SSSR count). The Kier molecular flexibility index (Phi) is 4.96. The minimum Gasteiger partial charge on any atom is -0.481 e. The molecule has 0 saturated heterocycles. The van der Waals surface area contributed by atoms with Crippen LogP contribution in [0.5, 0.6) is 0 Å². The van der Waals surface area contributed by atoms with Crippen molar-refractivity contribution in [3.8, 4) is 0 Å². The van der Waals surface area contributed by atoms with Crippen molar-refractivity contribution in [3.63, 3.8) is 0 Å². The van der Waals surface area contributed by atoms with Gasteiger partial charge in [-0.15, -0.1) is 0 Å². The minimum absolute atomic E-state index is 0.161. The van der Waals surface area contributed by atoms with Gasteiger partial charge >= 0.3 is 5.97 Å². The summed E-state index contributed by atoms with van der Waals surface area (Å²) in [5.41, 5.74) is 0.378. The lowest BCUT2D eigenvalue weighted by Crippen LogP contribution is -2.55. The third-order valence-corrected chi connectivity index (χ3v) is 9.38. The Hall–Kier alpha value is -0.910. The van der Waals surface area contributed by atoms with Gasteiger partial charge < -0.3 is 20.4 Å². The molecule has 3 saturated carbocycles. The van der Waals surface area contributed by atoms with Crippen LogP contribution in [-0.2, 0) is 4.79 Å². The van der Waals surface area contributed by atoms with E-state index in [0.717, 1.165) is 44.9 Å². The Morgan fingerprint density at radius 2 is 1.89 bits per heavy atom. The van der Waals surface area contributed by atoms with Crippen molar-refractivity contribution < 1.29 is 25.2 Å². The first-order valence-corrected chi connectivity index (χ1v) is 11.1. The molecule has 4 aliphatic rings. The Morgan fingerprint density at radius 1 is 1.18 bits per heavy atom. The molecule has 0 heterocycles. The fourth-order valence-corrected chi connectivity index (χ4v) is 7.75. The summed E-state index contributed by atoms with van der Waals surface area (Å²) in [6.07, 6.45) is 8.42. The van der Waals surface area contributed by atoms with Gasteiger partial charge in [0.05, 0.1) is 24.2 Å². The van der Waals surface area contributed by atoms with Crippen LogP contribution >= 0.6 is 0 Å². The molecule has 0 amide bonds. The summed E-state index contributed by atoms with van der Waals surface area (Å²) in [4.78, 5) is 11.0. The van der Waals surface area contributed by atoms with Crippen molar-refractivity contribution in [1.29, 1.82) is 0 Å². The van der Waals surface area contributed by atoms with Gasteiger partial charge in [-0.1, -0.05) is 25.5 Å². The second-order valence-corrected chi connectivity index (χ2v) is 10.6. The van der Waals surface area contributed by atoms with Gasteiger partial charge in [-0.2, -0.15) is 0 Å². The SMILES string of the molecule is C[C@]12CCC(O)CC1=CC[C@@H]1[C@@H]2CC[C@@]2(C)[C@H]1CC[C@]2(O)CC(O)CC(=O)O. The molecule has 0 aromatic carbocycles. The maximum atomic E-state index is 11.5. The highest BCUT2D eigenvalue weighted by Gasteiger charge is 2.63. The van der Waals surface area contributed by atoms with Crippen LogP contribution in [0.1, 0.15) is 78.1 Å². The smallest absolute Gasteiger partial charge is 0.305 e.